The van der Waals surface area contributed by atoms with E-state index in [9.17, 15) is 9.18 Å². The Balaban J connectivity index is 1.54. The highest BCUT2D eigenvalue weighted by Crippen LogP contribution is 2.22. The highest BCUT2D eigenvalue weighted by Gasteiger charge is 2.25. The molecule has 1 aliphatic rings. The lowest BCUT2D eigenvalue weighted by atomic mass is 9.96. The Morgan fingerprint density at radius 1 is 1.00 bits per heavy atom. The summed E-state index contributed by atoms with van der Waals surface area (Å²) in [5.41, 5.74) is 2.23. The summed E-state index contributed by atoms with van der Waals surface area (Å²) < 4.78 is 13.2. The molecular weight excluding hydrogens is 341 g/mol. The van der Waals surface area contributed by atoms with Gasteiger partial charge in [-0.2, -0.15) is 0 Å². The van der Waals surface area contributed by atoms with Crippen molar-refractivity contribution < 1.29 is 9.18 Å². The van der Waals surface area contributed by atoms with Crippen molar-refractivity contribution in [1.29, 1.82) is 0 Å². The van der Waals surface area contributed by atoms with Gasteiger partial charge in [-0.15, -0.1) is 0 Å². The lowest BCUT2D eigenvalue weighted by Crippen LogP contribution is -2.52. The first-order valence-electron chi connectivity index (χ1n) is 9.60. The van der Waals surface area contributed by atoms with Crippen LogP contribution < -0.4 is 5.32 Å². The minimum atomic E-state index is -0.262. The molecular formula is C22H28FN3O. The standard InChI is InChI=1S/C22H28FN3O/c1-17(2)21(19-8-10-20(23)11-9-19)24-22(27)26-14-12-25(13-15-26)16-18-6-4-3-5-7-18/h3-11,17,21H,12-16H2,1-2H3,(H,24,27)/t21-/m0/s1. The maximum Gasteiger partial charge on any atom is 0.317 e. The second kappa shape index (κ2) is 9.00. The molecule has 0 spiro atoms. The van der Waals surface area contributed by atoms with Crippen molar-refractivity contribution in [3.63, 3.8) is 0 Å². The molecule has 144 valence electrons. The van der Waals surface area contributed by atoms with Gasteiger partial charge in [0.2, 0.25) is 0 Å². The van der Waals surface area contributed by atoms with Crippen LogP contribution >= 0.6 is 0 Å². The molecule has 4 nitrogen and oxygen atoms in total. The van der Waals surface area contributed by atoms with E-state index in [1.54, 1.807) is 12.1 Å². The molecule has 2 amide bonds. The Labute approximate surface area is 161 Å². The zero-order valence-electron chi connectivity index (χ0n) is 16.1. The van der Waals surface area contributed by atoms with Crippen LogP contribution in [-0.2, 0) is 6.54 Å². The number of benzene rings is 2. The summed E-state index contributed by atoms with van der Waals surface area (Å²) in [6, 6.07) is 16.6. The first-order chi connectivity index (χ1) is 13.0. The van der Waals surface area contributed by atoms with Crippen LogP contribution in [0.4, 0.5) is 9.18 Å². The zero-order valence-corrected chi connectivity index (χ0v) is 16.1. The van der Waals surface area contributed by atoms with Gasteiger partial charge in [0.15, 0.2) is 0 Å². The van der Waals surface area contributed by atoms with Gasteiger partial charge in [-0.05, 0) is 29.2 Å². The molecule has 0 saturated carbocycles. The molecule has 1 heterocycles. The first-order valence-corrected chi connectivity index (χ1v) is 9.60. The molecule has 0 unspecified atom stereocenters. The molecule has 0 bridgehead atoms. The Morgan fingerprint density at radius 3 is 2.22 bits per heavy atom. The number of halogens is 1. The number of urea groups is 1. The predicted molar refractivity (Wildman–Crippen MR) is 106 cm³/mol. The summed E-state index contributed by atoms with van der Waals surface area (Å²) in [7, 11) is 0. The van der Waals surface area contributed by atoms with Crippen molar-refractivity contribution >= 4 is 6.03 Å². The van der Waals surface area contributed by atoms with Crippen LogP contribution in [0.5, 0.6) is 0 Å². The quantitative estimate of drug-likeness (QED) is 0.863. The fourth-order valence-corrected chi connectivity index (χ4v) is 3.48. The minimum Gasteiger partial charge on any atom is -0.331 e. The van der Waals surface area contributed by atoms with Crippen molar-refractivity contribution in [3.05, 3.63) is 71.5 Å². The number of rotatable bonds is 5. The van der Waals surface area contributed by atoms with Gasteiger partial charge in [-0.3, -0.25) is 4.90 Å². The molecule has 0 radical (unpaired) electrons. The number of nitrogens with one attached hydrogen (secondary N) is 1. The van der Waals surface area contributed by atoms with E-state index in [0.717, 1.165) is 25.2 Å². The summed E-state index contributed by atoms with van der Waals surface area (Å²) in [6.45, 7) is 8.20. The maximum atomic E-state index is 13.2. The van der Waals surface area contributed by atoms with Crippen LogP contribution in [0.25, 0.3) is 0 Å². The molecule has 0 aliphatic carbocycles. The smallest absolute Gasteiger partial charge is 0.317 e. The van der Waals surface area contributed by atoms with Crippen LogP contribution in [0.2, 0.25) is 0 Å². The number of hydrogen-bond donors (Lipinski definition) is 1. The average Bonchev–Trinajstić information content (AvgIpc) is 2.68. The number of carbonyl (C=O) groups excluding carboxylic acids is 1. The summed E-state index contributed by atoms with van der Waals surface area (Å²) >= 11 is 0. The van der Waals surface area contributed by atoms with Crippen LogP contribution in [0, 0.1) is 11.7 Å². The second-order valence-corrected chi connectivity index (χ2v) is 7.47. The largest absolute Gasteiger partial charge is 0.331 e. The van der Waals surface area contributed by atoms with Gasteiger partial charge >= 0.3 is 6.03 Å². The Bertz CT molecular complexity index is 725. The molecule has 1 fully saturated rings. The molecule has 3 rings (SSSR count). The van der Waals surface area contributed by atoms with E-state index >= 15 is 0 Å². The SMILES string of the molecule is CC(C)[C@H](NC(=O)N1CCN(Cc2ccccc2)CC1)c1ccc(F)cc1. The van der Waals surface area contributed by atoms with Gasteiger partial charge in [0, 0.05) is 32.7 Å². The van der Waals surface area contributed by atoms with E-state index in [2.05, 4.69) is 48.3 Å². The lowest BCUT2D eigenvalue weighted by molar-refractivity contribution is 0.131. The van der Waals surface area contributed by atoms with Crippen molar-refractivity contribution in [2.24, 2.45) is 5.92 Å². The van der Waals surface area contributed by atoms with Crippen molar-refractivity contribution in [2.75, 3.05) is 26.2 Å². The molecule has 0 aromatic heterocycles. The van der Waals surface area contributed by atoms with E-state index in [1.165, 1.54) is 17.7 Å². The minimum absolute atomic E-state index is 0.0441. The molecule has 1 saturated heterocycles. The molecule has 2 aromatic rings. The normalized spacial score (nSPS) is 16.4. The Kier molecular flexibility index (Phi) is 6.45. The number of hydrogen-bond acceptors (Lipinski definition) is 2. The van der Waals surface area contributed by atoms with Crippen molar-refractivity contribution in [2.45, 2.75) is 26.4 Å². The summed E-state index contributed by atoms with van der Waals surface area (Å²) in [6.07, 6.45) is 0. The zero-order chi connectivity index (χ0) is 19.2. The molecule has 5 heteroatoms. The third-order valence-corrected chi connectivity index (χ3v) is 5.08. The van der Waals surface area contributed by atoms with Crippen LogP contribution in [0.1, 0.15) is 31.0 Å². The topological polar surface area (TPSA) is 35.6 Å². The Morgan fingerprint density at radius 2 is 1.63 bits per heavy atom. The molecule has 1 N–H and O–H groups in total. The number of piperazine rings is 1. The summed E-state index contributed by atoms with van der Waals surface area (Å²) in [5.74, 6) is -0.0408. The van der Waals surface area contributed by atoms with Gasteiger partial charge in [0.25, 0.3) is 0 Å². The monoisotopic (exact) mass is 369 g/mol. The molecule has 1 aliphatic heterocycles. The Hall–Kier alpha value is -2.40. The second-order valence-electron chi connectivity index (χ2n) is 7.47. The maximum absolute atomic E-state index is 13.2. The van der Waals surface area contributed by atoms with Gasteiger partial charge < -0.3 is 10.2 Å². The lowest BCUT2D eigenvalue weighted by Gasteiger charge is -2.36. The molecule has 27 heavy (non-hydrogen) atoms. The highest BCUT2D eigenvalue weighted by molar-refractivity contribution is 5.75. The third-order valence-electron chi connectivity index (χ3n) is 5.08. The van der Waals surface area contributed by atoms with E-state index in [4.69, 9.17) is 0 Å². The predicted octanol–water partition coefficient (Wildman–Crippen LogP) is 4.05. The van der Waals surface area contributed by atoms with E-state index in [1.807, 2.05) is 11.0 Å². The van der Waals surface area contributed by atoms with Crippen molar-refractivity contribution in [3.8, 4) is 0 Å². The van der Waals surface area contributed by atoms with E-state index in [-0.39, 0.29) is 23.8 Å². The van der Waals surface area contributed by atoms with Gasteiger partial charge in [0.05, 0.1) is 6.04 Å². The fraction of sp³-hybridized carbons (Fsp3) is 0.409. The summed E-state index contributed by atoms with van der Waals surface area (Å²) in [4.78, 5) is 17.0. The van der Waals surface area contributed by atoms with Crippen LogP contribution in [0.3, 0.4) is 0 Å². The number of carbonyl (C=O) groups is 1. The third kappa shape index (κ3) is 5.30. The highest BCUT2D eigenvalue weighted by atomic mass is 19.1. The first kappa shape index (κ1) is 19.4. The van der Waals surface area contributed by atoms with Crippen molar-refractivity contribution in [1.82, 2.24) is 15.1 Å². The molecule has 1 atom stereocenters. The fourth-order valence-electron chi connectivity index (χ4n) is 3.48. The van der Waals surface area contributed by atoms with Crippen LogP contribution in [0.15, 0.2) is 54.6 Å². The van der Waals surface area contributed by atoms with Crippen LogP contribution in [-0.4, -0.2) is 42.0 Å². The molecule has 2 aromatic carbocycles. The summed E-state index contributed by atoms with van der Waals surface area (Å²) in [5, 5.41) is 3.13. The van der Waals surface area contributed by atoms with Gasteiger partial charge in [0.1, 0.15) is 5.82 Å². The van der Waals surface area contributed by atoms with E-state index in [0.29, 0.717) is 13.1 Å². The van der Waals surface area contributed by atoms with Gasteiger partial charge in [-0.1, -0.05) is 56.3 Å². The number of amides is 2. The number of nitrogens with zero attached hydrogens (tertiary/aromatic N) is 2. The van der Waals surface area contributed by atoms with E-state index < -0.39 is 0 Å². The van der Waals surface area contributed by atoms with Gasteiger partial charge in [-0.25, -0.2) is 9.18 Å². The average molecular weight is 369 g/mol.